The second kappa shape index (κ2) is 3.35. The molecule has 0 saturated carbocycles. The van der Waals surface area contributed by atoms with Crippen molar-refractivity contribution in [1.82, 2.24) is 5.32 Å². The van der Waals surface area contributed by atoms with Crippen molar-refractivity contribution in [3.63, 3.8) is 0 Å². The maximum atomic E-state index is 5.38. The topological polar surface area (TPSA) is 21.3 Å². The van der Waals surface area contributed by atoms with E-state index >= 15 is 0 Å². The van der Waals surface area contributed by atoms with E-state index in [-0.39, 0.29) is 5.54 Å². The zero-order valence-corrected chi connectivity index (χ0v) is 6.94. The van der Waals surface area contributed by atoms with Gasteiger partial charge in [0.15, 0.2) is 0 Å². The molecule has 2 nitrogen and oxygen atoms in total. The highest BCUT2D eigenvalue weighted by atomic mass is 16.5. The fourth-order valence-electron chi connectivity index (χ4n) is 1.49. The summed E-state index contributed by atoms with van der Waals surface area (Å²) in [6.45, 7) is 7.20. The molecule has 0 radical (unpaired) electrons. The quantitative estimate of drug-likeness (QED) is 0.626. The van der Waals surface area contributed by atoms with Crippen LogP contribution in [0.25, 0.3) is 0 Å². The molecule has 0 spiro atoms. The fraction of sp³-hybridized carbons (Fsp3) is 1.00. The van der Waals surface area contributed by atoms with Gasteiger partial charge in [0.1, 0.15) is 0 Å². The molecule has 2 heteroatoms. The molecule has 10 heavy (non-hydrogen) atoms. The summed E-state index contributed by atoms with van der Waals surface area (Å²) in [6, 6.07) is 0. The van der Waals surface area contributed by atoms with Crippen LogP contribution in [0.1, 0.15) is 26.7 Å². The van der Waals surface area contributed by atoms with Gasteiger partial charge < -0.3 is 10.1 Å². The average Bonchev–Trinajstić information content (AvgIpc) is 1.89. The van der Waals surface area contributed by atoms with Crippen molar-refractivity contribution >= 4 is 0 Å². The molecule has 0 aromatic heterocycles. The summed E-state index contributed by atoms with van der Waals surface area (Å²) in [7, 11) is 0. The van der Waals surface area contributed by atoms with Crippen LogP contribution < -0.4 is 5.32 Å². The van der Waals surface area contributed by atoms with Crippen LogP contribution in [-0.4, -0.2) is 25.3 Å². The summed E-state index contributed by atoms with van der Waals surface area (Å²) < 4.78 is 5.38. The van der Waals surface area contributed by atoms with Gasteiger partial charge in [0.2, 0.25) is 0 Å². The molecule has 0 aromatic carbocycles. The molecule has 1 fully saturated rings. The lowest BCUT2D eigenvalue weighted by Crippen LogP contribution is -2.51. The lowest BCUT2D eigenvalue weighted by atomic mass is 9.96. The third-order valence-corrected chi connectivity index (χ3v) is 2.02. The van der Waals surface area contributed by atoms with Gasteiger partial charge in [-0.1, -0.05) is 13.3 Å². The number of hydrogen-bond donors (Lipinski definition) is 1. The van der Waals surface area contributed by atoms with E-state index < -0.39 is 0 Å². The summed E-state index contributed by atoms with van der Waals surface area (Å²) in [6.07, 6.45) is 2.44. The molecule has 1 atom stereocenters. The zero-order chi connectivity index (χ0) is 7.45. The number of rotatable bonds is 2. The van der Waals surface area contributed by atoms with Gasteiger partial charge in [-0.25, -0.2) is 0 Å². The minimum absolute atomic E-state index is 0.257. The molecule has 60 valence electrons. The Bertz CT molecular complexity index is 91.9. The van der Waals surface area contributed by atoms with E-state index in [0.29, 0.717) is 0 Å². The molecule has 1 saturated heterocycles. The molecule has 1 heterocycles. The van der Waals surface area contributed by atoms with Gasteiger partial charge in [-0.15, -0.1) is 0 Å². The van der Waals surface area contributed by atoms with Crippen molar-refractivity contribution in [2.45, 2.75) is 32.2 Å². The normalized spacial score (nSPS) is 34.2. The molecule has 1 aliphatic heterocycles. The van der Waals surface area contributed by atoms with Crippen molar-refractivity contribution in [3.05, 3.63) is 0 Å². The first kappa shape index (κ1) is 8.02. The van der Waals surface area contributed by atoms with Crippen LogP contribution in [-0.2, 0) is 4.74 Å². The molecule has 1 rings (SSSR count). The van der Waals surface area contributed by atoms with Crippen LogP contribution in [0.2, 0.25) is 0 Å². The van der Waals surface area contributed by atoms with Crippen LogP contribution in [0.4, 0.5) is 0 Å². The summed E-state index contributed by atoms with van der Waals surface area (Å²) in [5.74, 6) is 0. The van der Waals surface area contributed by atoms with Gasteiger partial charge >= 0.3 is 0 Å². The van der Waals surface area contributed by atoms with Gasteiger partial charge in [-0.3, -0.25) is 0 Å². The second-order valence-electron chi connectivity index (χ2n) is 3.29. The molecule has 1 aliphatic rings. The second-order valence-corrected chi connectivity index (χ2v) is 3.29. The van der Waals surface area contributed by atoms with Crippen LogP contribution >= 0.6 is 0 Å². The lowest BCUT2D eigenvalue weighted by molar-refractivity contribution is 0.0313. The maximum absolute atomic E-state index is 5.38. The van der Waals surface area contributed by atoms with Crippen LogP contribution in [0.3, 0.4) is 0 Å². The van der Waals surface area contributed by atoms with E-state index in [4.69, 9.17) is 4.74 Å². The predicted molar refractivity (Wildman–Crippen MR) is 42.1 cm³/mol. The first-order valence-electron chi connectivity index (χ1n) is 4.10. The first-order chi connectivity index (χ1) is 4.77. The van der Waals surface area contributed by atoms with Crippen LogP contribution in [0, 0.1) is 0 Å². The summed E-state index contributed by atoms with van der Waals surface area (Å²) in [5.41, 5.74) is 0.257. The van der Waals surface area contributed by atoms with Gasteiger partial charge in [0.05, 0.1) is 13.2 Å². The summed E-state index contributed by atoms with van der Waals surface area (Å²) in [4.78, 5) is 0. The monoisotopic (exact) mass is 143 g/mol. The summed E-state index contributed by atoms with van der Waals surface area (Å²) in [5, 5.41) is 3.47. The third kappa shape index (κ3) is 1.96. The van der Waals surface area contributed by atoms with E-state index in [9.17, 15) is 0 Å². The highest BCUT2D eigenvalue weighted by Gasteiger charge is 2.25. The summed E-state index contributed by atoms with van der Waals surface area (Å²) >= 11 is 0. The maximum Gasteiger partial charge on any atom is 0.0646 e. The predicted octanol–water partition coefficient (Wildman–Crippen LogP) is 1.17. The molecule has 0 bridgehead atoms. The Morgan fingerprint density at radius 1 is 1.60 bits per heavy atom. The van der Waals surface area contributed by atoms with E-state index in [2.05, 4.69) is 19.2 Å². The fourth-order valence-corrected chi connectivity index (χ4v) is 1.49. The Morgan fingerprint density at radius 2 is 2.40 bits per heavy atom. The van der Waals surface area contributed by atoms with Crippen molar-refractivity contribution in [3.8, 4) is 0 Å². The van der Waals surface area contributed by atoms with E-state index in [0.717, 1.165) is 19.8 Å². The third-order valence-electron chi connectivity index (χ3n) is 2.02. The SMILES string of the molecule is CCCC1(C)COCCN1. The molecule has 1 unspecified atom stereocenters. The standard InChI is InChI=1S/C8H17NO/c1-3-4-8(2)7-10-6-5-9-8/h9H,3-7H2,1-2H3. The van der Waals surface area contributed by atoms with Gasteiger partial charge in [-0.05, 0) is 13.3 Å². The van der Waals surface area contributed by atoms with Crippen molar-refractivity contribution < 1.29 is 4.74 Å². The molecule has 1 N–H and O–H groups in total. The van der Waals surface area contributed by atoms with Crippen molar-refractivity contribution in [2.24, 2.45) is 0 Å². The van der Waals surface area contributed by atoms with E-state index in [1.807, 2.05) is 0 Å². The van der Waals surface area contributed by atoms with Crippen LogP contribution in [0.5, 0.6) is 0 Å². The van der Waals surface area contributed by atoms with Crippen molar-refractivity contribution in [1.29, 1.82) is 0 Å². The zero-order valence-electron chi connectivity index (χ0n) is 6.94. The Labute approximate surface area is 63.0 Å². The lowest BCUT2D eigenvalue weighted by Gasteiger charge is -2.34. The van der Waals surface area contributed by atoms with E-state index in [1.165, 1.54) is 12.8 Å². The number of ether oxygens (including phenoxy) is 1. The molecule has 0 aliphatic carbocycles. The Hall–Kier alpha value is -0.0800. The van der Waals surface area contributed by atoms with Crippen LogP contribution in [0.15, 0.2) is 0 Å². The highest BCUT2D eigenvalue weighted by Crippen LogP contribution is 2.14. The number of hydrogen-bond acceptors (Lipinski definition) is 2. The first-order valence-corrected chi connectivity index (χ1v) is 4.10. The van der Waals surface area contributed by atoms with E-state index in [1.54, 1.807) is 0 Å². The average molecular weight is 143 g/mol. The van der Waals surface area contributed by atoms with Gasteiger partial charge in [-0.2, -0.15) is 0 Å². The van der Waals surface area contributed by atoms with Gasteiger partial charge in [0.25, 0.3) is 0 Å². The molecule has 0 amide bonds. The minimum atomic E-state index is 0.257. The smallest absolute Gasteiger partial charge is 0.0646 e. The highest BCUT2D eigenvalue weighted by molar-refractivity contribution is 4.84. The number of nitrogens with one attached hydrogen (secondary N) is 1. The Kier molecular flexibility index (Phi) is 2.69. The molecular formula is C8H17NO. The largest absolute Gasteiger partial charge is 0.378 e. The van der Waals surface area contributed by atoms with Gasteiger partial charge in [0, 0.05) is 12.1 Å². The Balaban J connectivity index is 2.32. The molecule has 0 aromatic rings. The minimum Gasteiger partial charge on any atom is -0.378 e. The van der Waals surface area contributed by atoms with Crippen molar-refractivity contribution in [2.75, 3.05) is 19.8 Å². The molecular weight excluding hydrogens is 126 g/mol. The Morgan fingerprint density at radius 3 is 2.90 bits per heavy atom. The number of morpholine rings is 1.